The summed E-state index contributed by atoms with van der Waals surface area (Å²) in [6.45, 7) is 10.7. The van der Waals surface area contributed by atoms with E-state index in [9.17, 15) is 19.5 Å². The molecule has 6 atom stereocenters. The molecule has 2 unspecified atom stereocenters. The van der Waals surface area contributed by atoms with E-state index in [2.05, 4.69) is 20.1 Å². The minimum absolute atomic E-state index is 0.0482. The Labute approximate surface area is 243 Å². The van der Waals surface area contributed by atoms with Crippen LogP contribution in [0.5, 0.6) is 0 Å². The van der Waals surface area contributed by atoms with Crippen molar-refractivity contribution in [3.63, 3.8) is 0 Å². The van der Waals surface area contributed by atoms with E-state index in [1.165, 1.54) is 0 Å². The molecule has 40 heavy (non-hydrogen) atoms. The summed E-state index contributed by atoms with van der Waals surface area (Å²) in [6, 6.07) is 8.41. The van der Waals surface area contributed by atoms with Crippen molar-refractivity contribution in [3.05, 3.63) is 61.2 Å². The first-order valence-corrected chi connectivity index (χ1v) is 15.6. The van der Waals surface area contributed by atoms with Crippen molar-refractivity contribution in [3.8, 4) is 0 Å². The summed E-state index contributed by atoms with van der Waals surface area (Å²) >= 11 is 1.64. The van der Waals surface area contributed by atoms with Gasteiger partial charge in [0.05, 0.1) is 35.8 Å². The number of thioether (sulfide) groups is 1. The molecular weight excluding hydrogens is 524 g/mol. The summed E-state index contributed by atoms with van der Waals surface area (Å²) in [6.07, 6.45) is 9.76. The van der Waals surface area contributed by atoms with E-state index in [-0.39, 0.29) is 36.2 Å². The molecule has 2 amide bonds. The van der Waals surface area contributed by atoms with E-state index >= 15 is 0 Å². The number of hydrogen-bond donors (Lipinski definition) is 1. The molecule has 3 fully saturated rings. The third-order valence-corrected chi connectivity index (χ3v) is 10.6. The largest absolute Gasteiger partial charge is 0.465 e. The minimum Gasteiger partial charge on any atom is -0.465 e. The van der Waals surface area contributed by atoms with E-state index in [0.717, 1.165) is 37.7 Å². The van der Waals surface area contributed by atoms with Gasteiger partial charge in [-0.3, -0.25) is 14.4 Å². The van der Waals surface area contributed by atoms with Gasteiger partial charge in [-0.15, -0.1) is 24.9 Å². The smallest absolute Gasteiger partial charge is 0.310 e. The summed E-state index contributed by atoms with van der Waals surface area (Å²) in [5.74, 6) is -1.87. The fourth-order valence-electron chi connectivity index (χ4n) is 6.84. The number of nitrogens with zero attached hydrogens (tertiary/aromatic N) is 2. The number of carbonyl (C=O) groups excluding carboxylic acids is 3. The van der Waals surface area contributed by atoms with Crippen molar-refractivity contribution in [1.29, 1.82) is 0 Å². The van der Waals surface area contributed by atoms with Gasteiger partial charge >= 0.3 is 5.97 Å². The number of unbranched alkanes of at least 4 members (excludes halogenated alkanes) is 3. The second kappa shape index (κ2) is 13.9. The van der Waals surface area contributed by atoms with Gasteiger partial charge < -0.3 is 19.6 Å². The molecule has 0 radical (unpaired) electrons. The lowest BCUT2D eigenvalue weighted by Crippen LogP contribution is -2.58. The second-order valence-corrected chi connectivity index (χ2v) is 12.8. The van der Waals surface area contributed by atoms with Gasteiger partial charge in [-0.1, -0.05) is 62.2 Å². The lowest BCUT2D eigenvalue weighted by Gasteiger charge is -2.39. The topological polar surface area (TPSA) is 87.2 Å². The van der Waals surface area contributed by atoms with Gasteiger partial charge in [0.2, 0.25) is 11.8 Å². The number of rotatable bonds is 16. The number of likely N-dealkylation sites (tertiary alicyclic amines) is 1. The zero-order chi connectivity index (χ0) is 28.7. The molecule has 1 spiro atoms. The van der Waals surface area contributed by atoms with Crippen LogP contribution in [-0.2, 0) is 25.5 Å². The lowest BCUT2D eigenvalue weighted by molar-refractivity contribution is -0.154. The highest BCUT2D eigenvalue weighted by molar-refractivity contribution is 8.02. The number of aliphatic hydroxyl groups is 1. The van der Waals surface area contributed by atoms with E-state index in [4.69, 9.17) is 4.74 Å². The third kappa shape index (κ3) is 5.89. The number of amides is 2. The van der Waals surface area contributed by atoms with Crippen LogP contribution < -0.4 is 0 Å². The lowest BCUT2D eigenvalue weighted by atomic mass is 9.71. The summed E-state index contributed by atoms with van der Waals surface area (Å²) < 4.78 is 4.96. The van der Waals surface area contributed by atoms with Gasteiger partial charge in [-0.25, -0.2) is 0 Å². The van der Waals surface area contributed by atoms with Crippen molar-refractivity contribution in [2.24, 2.45) is 11.8 Å². The number of aliphatic hydroxyl groups excluding tert-OH is 1. The number of esters is 1. The van der Waals surface area contributed by atoms with Crippen LogP contribution in [0.3, 0.4) is 0 Å². The number of benzene rings is 1. The highest BCUT2D eigenvalue weighted by atomic mass is 32.2. The molecule has 2 bridgehead atoms. The molecule has 1 N–H and O–H groups in total. The maximum atomic E-state index is 14.5. The van der Waals surface area contributed by atoms with Gasteiger partial charge in [0.25, 0.3) is 0 Å². The molecule has 0 aromatic heterocycles. The van der Waals surface area contributed by atoms with Gasteiger partial charge in [-0.2, -0.15) is 0 Å². The maximum absolute atomic E-state index is 14.5. The van der Waals surface area contributed by atoms with Crippen LogP contribution >= 0.6 is 11.8 Å². The molecule has 3 aliphatic rings. The summed E-state index contributed by atoms with van der Waals surface area (Å²) in [7, 11) is 0. The zero-order valence-electron chi connectivity index (χ0n) is 23.7. The standard InChI is InChI=1S/C32H44N2O5S/c1-4-7-12-19-33(18-6-3)30(37)28-32-17-16-25(40-32)26(31(38)39-20-13-8-5-2)27(32)29(36)34(28)24(22-35)21-23-14-10-9-11-15-23/h5-6,9-11,14-15,24-28,35H,2-4,7-8,12-13,16-22H2,1H3/t24-,25+,26-,27+,28?,32?/m1/s1. The zero-order valence-corrected chi connectivity index (χ0v) is 24.5. The van der Waals surface area contributed by atoms with Crippen molar-refractivity contribution in [1.82, 2.24) is 9.80 Å². The number of carbonyl (C=O) groups is 3. The van der Waals surface area contributed by atoms with Gasteiger partial charge in [0, 0.05) is 18.3 Å². The van der Waals surface area contributed by atoms with Crippen LogP contribution in [-0.4, -0.2) is 81.1 Å². The Kier molecular flexibility index (Phi) is 10.5. The Balaban J connectivity index is 1.70. The Morgan fingerprint density at radius 2 is 2.00 bits per heavy atom. The average Bonchev–Trinajstić information content (AvgIpc) is 3.61. The Morgan fingerprint density at radius 1 is 1.23 bits per heavy atom. The molecule has 3 heterocycles. The molecule has 3 aliphatic heterocycles. The number of allylic oxidation sites excluding steroid dienone is 1. The predicted molar refractivity (Wildman–Crippen MR) is 159 cm³/mol. The molecular formula is C32H44N2O5S. The predicted octanol–water partition coefficient (Wildman–Crippen LogP) is 4.40. The van der Waals surface area contributed by atoms with Gasteiger partial charge in [0.1, 0.15) is 6.04 Å². The number of ether oxygens (including phenoxy) is 1. The Hall–Kier alpha value is -2.58. The van der Waals surface area contributed by atoms with E-state index in [0.29, 0.717) is 32.4 Å². The highest BCUT2D eigenvalue weighted by Crippen LogP contribution is 2.67. The SMILES string of the molecule is C=CCCCOC(=O)[C@@H]1[C@@H]2CCC3(S2)C(C(=O)N(CC=C)CCCCC)N([C@@H](CO)Cc2ccccc2)C(=O)[C@H]13. The minimum atomic E-state index is -0.749. The molecule has 8 heteroatoms. The number of hydrogen-bond acceptors (Lipinski definition) is 6. The van der Waals surface area contributed by atoms with Crippen molar-refractivity contribution >= 4 is 29.5 Å². The van der Waals surface area contributed by atoms with E-state index < -0.39 is 28.7 Å². The molecule has 3 saturated heterocycles. The normalized spacial score (nSPS) is 27.4. The monoisotopic (exact) mass is 568 g/mol. The Bertz CT molecular complexity index is 1060. The van der Waals surface area contributed by atoms with Crippen LogP contribution in [0.4, 0.5) is 0 Å². The summed E-state index contributed by atoms with van der Waals surface area (Å²) in [4.78, 5) is 45.8. The first kappa shape index (κ1) is 30.4. The van der Waals surface area contributed by atoms with Crippen LogP contribution in [0.15, 0.2) is 55.6 Å². The number of fused-ring (bicyclic) bond motifs is 1. The van der Waals surface area contributed by atoms with Crippen LogP contribution in [0.25, 0.3) is 0 Å². The first-order chi connectivity index (χ1) is 19.4. The van der Waals surface area contributed by atoms with E-state index in [1.807, 2.05) is 35.2 Å². The maximum Gasteiger partial charge on any atom is 0.310 e. The fourth-order valence-corrected chi connectivity index (χ4v) is 9.03. The molecule has 218 valence electrons. The van der Waals surface area contributed by atoms with E-state index in [1.54, 1.807) is 28.8 Å². The quantitative estimate of drug-likeness (QED) is 0.181. The van der Waals surface area contributed by atoms with Gasteiger partial charge in [-0.05, 0) is 44.1 Å². The van der Waals surface area contributed by atoms with Crippen LogP contribution in [0.2, 0.25) is 0 Å². The average molecular weight is 569 g/mol. The summed E-state index contributed by atoms with van der Waals surface area (Å²) in [5.41, 5.74) is 0.983. The summed E-state index contributed by atoms with van der Waals surface area (Å²) in [5, 5.41) is 10.6. The van der Waals surface area contributed by atoms with Gasteiger partial charge in [0.15, 0.2) is 0 Å². The second-order valence-electron chi connectivity index (χ2n) is 11.2. The molecule has 4 rings (SSSR count). The van der Waals surface area contributed by atoms with Crippen molar-refractivity contribution in [2.75, 3.05) is 26.3 Å². The molecule has 1 aromatic rings. The molecule has 7 nitrogen and oxygen atoms in total. The Morgan fingerprint density at radius 3 is 2.67 bits per heavy atom. The molecule has 0 aliphatic carbocycles. The first-order valence-electron chi connectivity index (χ1n) is 14.7. The van der Waals surface area contributed by atoms with Crippen molar-refractivity contribution < 1.29 is 24.2 Å². The highest BCUT2D eigenvalue weighted by Gasteiger charge is 2.74. The fraction of sp³-hybridized carbons (Fsp3) is 0.594. The van der Waals surface area contributed by atoms with Crippen LogP contribution in [0.1, 0.15) is 57.4 Å². The molecule has 1 aromatic carbocycles. The molecule has 0 saturated carbocycles. The van der Waals surface area contributed by atoms with Crippen molar-refractivity contribution in [2.45, 2.75) is 80.4 Å². The van der Waals surface area contributed by atoms with Crippen LogP contribution in [0, 0.1) is 11.8 Å². The third-order valence-electron chi connectivity index (χ3n) is 8.65.